The number of allylic oxidation sites excluding steroid dienone is 5. The molecule has 0 fully saturated rings. The smallest absolute Gasteiger partial charge is 0.0480 e. The van der Waals surface area contributed by atoms with Gasteiger partial charge >= 0.3 is 0 Å². The zero-order chi connectivity index (χ0) is 21.4. The summed E-state index contributed by atoms with van der Waals surface area (Å²) in [4.78, 5) is 0. The van der Waals surface area contributed by atoms with Crippen LogP contribution in [0.15, 0.2) is 61.2 Å². The molecule has 0 spiro atoms. The van der Waals surface area contributed by atoms with Gasteiger partial charge in [-0.25, -0.2) is 0 Å². The van der Waals surface area contributed by atoms with Gasteiger partial charge in [-0.1, -0.05) is 61.9 Å². The lowest BCUT2D eigenvalue weighted by atomic mass is 9.85. The lowest BCUT2D eigenvalue weighted by Gasteiger charge is -2.21. The quantitative estimate of drug-likeness (QED) is 0.277. The average molecular weight is 427 g/mol. The summed E-state index contributed by atoms with van der Waals surface area (Å²) in [5.74, 6) is 1.24. The Kier molecular flexibility index (Phi) is 9.27. The Labute approximate surface area is 187 Å². The van der Waals surface area contributed by atoms with Crippen molar-refractivity contribution in [2.24, 2.45) is 5.92 Å². The number of hydrogen-bond acceptors (Lipinski definition) is 0. The predicted molar refractivity (Wildman–Crippen MR) is 132 cm³/mol. The van der Waals surface area contributed by atoms with Gasteiger partial charge in [-0.15, -0.1) is 29.8 Å². The minimum atomic E-state index is 0.298. The van der Waals surface area contributed by atoms with E-state index >= 15 is 0 Å². The number of aryl methyl sites for hydroxylation is 2. The number of benzene rings is 2. The molecule has 154 valence electrons. The molecule has 0 bridgehead atoms. The van der Waals surface area contributed by atoms with Gasteiger partial charge in [0.25, 0.3) is 0 Å². The van der Waals surface area contributed by atoms with Crippen LogP contribution in [0.2, 0.25) is 0 Å². The van der Waals surface area contributed by atoms with Crippen molar-refractivity contribution < 1.29 is 0 Å². The minimum Gasteiger partial charge on any atom is -0.122 e. The molecular weight excluding hydrogens is 395 g/mol. The molecule has 0 nitrogen and oxygen atoms in total. The van der Waals surface area contributed by atoms with E-state index in [0.29, 0.717) is 17.7 Å². The summed E-state index contributed by atoms with van der Waals surface area (Å²) >= 11 is 12.9. The Bertz CT molecular complexity index is 903. The third-order valence-corrected chi connectivity index (χ3v) is 5.83. The molecule has 0 aliphatic carbocycles. The van der Waals surface area contributed by atoms with Crippen LogP contribution in [-0.4, -0.2) is 0 Å². The molecule has 29 heavy (non-hydrogen) atoms. The fourth-order valence-corrected chi connectivity index (χ4v) is 4.14. The average Bonchev–Trinajstić information content (AvgIpc) is 2.73. The molecule has 0 saturated heterocycles. The second-order valence-corrected chi connectivity index (χ2v) is 8.10. The monoisotopic (exact) mass is 426 g/mol. The molecule has 0 saturated carbocycles. The van der Waals surface area contributed by atoms with Gasteiger partial charge in [0.15, 0.2) is 0 Å². The summed E-state index contributed by atoms with van der Waals surface area (Å²) < 4.78 is 0. The molecular formula is C27H32Cl2. The van der Waals surface area contributed by atoms with E-state index in [9.17, 15) is 0 Å². The summed E-state index contributed by atoms with van der Waals surface area (Å²) in [7, 11) is 0. The van der Waals surface area contributed by atoms with Crippen LogP contribution in [-0.2, 0) is 11.8 Å². The third-order valence-electron chi connectivity index (χ3n) is 5.25. The Morgan fingerprint density at radius 1 is 1.03 bits per heavy atom. The molecule has 0 aliphatic rings. The van der Waals surface area contributed by atoms with Gasteiger partial charge in [0.1, 0.15) is 0 Å². The molecule has 0 radical (unpaired) electrons. The minimum absolute atomic E-state index is 0.298. The number of halogens is 2. The highest BCUT2D eigenvalue weighted by molar-refractivity contribution is 6.18. The zero-order valence-corrected chi connectivity index (χ0v) is 19.6. The van der Waals surface area contributed by atoms with Gasteiger partial charge in [0, 0.05) is 11.8 Å². The van der Waals surface area contributed by atoms with Crippen molar-refractivity contribution in [3.8, 4) is 11.1 Å². The normalized spacial score (nSPS) is 13.1. The third kappa shape index (κ3) is 5.87. The molecule has 0 N–H and O–H groups in total. The first-order valence-electron chi connectivity index (χ1n) is 10.3. The largest absolute Gasteiger partial charge is 0.122 e. The summed E-state index contributed by atoms with van der Waals surface area (Å²) in [5, 5.41) is 0. The van der Waals surface area contributed by atoms with Gasteiger partial charge in [0.05, 0.1) is 0 Å². The van der Waals surface area contributed by atoms with E-state index in [2.05, 4.69) is 82.8 Å². The lowest BCUT2D eigenvalue weighted by Crippen LogP contribution is -2.03. The maximum absolute atomic E-state index is 6.44. The van der Waals surface area contributed by atoms with Crippen molar-refractivity contribution in [1.29, 1.82) is 0 Å². The standard InChI is InChI=1S/C27H32Cl2/c1-6-8-9-11-20(4)24(10-7-2)26-15-23(18-29)27(16-22(26)17-28)25-14-19(3)12-13-21(25)5/h6,9-16,20H,1,7-8,17-18H2,2-5H3/b11-9?,24-10+. The molecule has 0 aromatic heterocycles. The first kappa shape index (κ1) is 23.5. The first-order chi connectivity index (χ1) is 14.0. The van der Waals surface area contributed by atoms with Crippen LogP contribution >= 0.6 is 23.2 Å². The summed E-state index contributed by atoms with van der Waals surface area (Å²) in [6.07, 6.45) is 10.5. The molecule has 2 aromatic rings. The highest BCUT2D eigenvalue weighted by Crippen LogP contribution is 2.36. The predicted octanol–water partition coefficient (Wildman–Crippen LogP) is 9.01. The van der Waals surface area contributed by atoms with E-state index in [1.165, 1.54) is 33.4 Å². The van der Waals surface area contributed by atoms with Crippen LogP contribution in [0, 0.1) is 19.8 Å². The van der Waals surface area contributed by atoms with E-state index in [4.69, 9.17) is 23.2 Å². The zero-order valence-electron chi connectivity index (χ0n) is 18.1. The summed E-state index contributed by atoms with van der Waals surface area (Å²) in [6.45, 7) is 12.5. The van der Waals surface area contributed by atoms with Crippen molar-refractivity contribution in [1.82, 2.24) is 0 Å². The van der Waals surface area contributed by atoms with E-state index in [-0.39, 0.29) is 0 Å². The van der Waals surface area contributed by atoms with Gasteiger partial charge < -0.3 is 0 Å². The van der Waals surface area contributed by atoms with Crippen molar-refractivity contribution in [3.05, 3.63) is 89.0 Å². The summed E-state index contributed by atoms with van der Waals surface area (Å²) in [6, 6.07) is 11.1. The molecule has 2 rings (SSSR count). The van der Waals surface area contributed by atoms with Crippen LogP contribution in [0.25, 0.3) is 16.7 Å². The fraction of sp³-hybridized carbons (Fsp3) is 0.333. The molecule has 0 amide bonds. The Morgan fingerprint density at radius 3 is 2.38 bits per heavy atom. The second kappa shape index (κ2) is 11.4. The van der Waals surface area contributed by atoms with Crippen molar-refractivity contribution >= 4 is 28.8 Å². The number of hydrogen-bond donors (Lipinski definition) is 0. The van der Waals surface area contributed by atoms with E-state index in [1.807, 2.05) is 6.08 Å². The van der Waals surface area contributed by atoms with Crippen LogP contribution in [0.1, 0.15) is 54.5 Å². The Morgan fingerprint density at radius 2 is 1.76 bits per heavy atom. The topological polar surface area (TPSA) is 0 Å². The van der Waals surface area contributed by atoms with E-state index in [0.717, 1.165) is 24.0 Å². The first-order valence-corrected chi connectivity index (χ1v) is 11.4. The fourth-order valence-electron chi connectivity index (χ4n) is 3.70. The molecule has 2 heteroatoms. The van der Waals surface area contributed by atoms with Crippen LogP contribution in [0.3, 0.4) is 0 Å². The van der Waals surface area contributed by atoms with Crippen LogP contribution < -0.4 is 0 Å². The second-order valence-electron chi connectivity index (χ2n) is 7.56. The van der Waals surface area contributed by atoms with E-state index < -0.39 is 0 Å². The van der Waals surface area contributed by atoms with Crippen LogP contribution in [0.4, 0.5) is 0 Å². The molecule has 1 unspecified atom stereocenters. The summed E-state index contributed by atoms with van der Waals surface area (Å²) in [5.41, 5.74) is 9.73. The highest BCUT2D eigenvalue weighted by atomic mass is 35.5. The number of rotatable bonds is 9. The van der Waals surface area contributed by atoms with Gasteiger partial charge in [-0.2, -0.15) is 0 Å². The number of alkyl halides is 2. The maximum atomic E-state index is 6.44. The molecule has 2 aromatic carbocycles. The van der Waals surface area contributed by atoms with Crippen molar-refractivity contribution in [3.63, 3.8) is 0 Å². The Balaban J connectivity index is 2.65. The van der Waals surface area contributed by atoms with Crippen molar-refractivity contribution in [2.75, 3.05) is 0 Å². The van der Waals surface area contributed by atoms with E-state index in [1.54, 1.807) is 0 Å². The van der Waals surface area contributed by atoms with Gasteiger partial charge in [-0.05, 0) is 83.7 Å². The lowest BCUT2D eigenvalue weighted by molar-refractivity contribution is 0.945. The highest BCUT2D eigenvalue weighted by Gasteiger charge is 2.17. The van der Waals surface area contributed by atoms with Gasteiger partial charge in [-0.3, -0.25) is 0 Å². The maximum Gasteiger partial charge on any atom is 0.0480 e. The van der Waals surface area contributed by atoms with Crippen LogP contribution in [0.5, 0.6) is 0 Å². The molecule has 0 aliphatic heterocycles. The molecule has 0 heterocycles. The van der Waals surface area contributed by atoms with Crippen molar-refractivity contribution in [2.45, 2.75) is 52.3 Å². The Hall–Kier alpha value is -1.76. The van der Waals surface area contributed by atoms with Gasteiger partial charge in [0.2, 0.25) is 0 Å². The SMILES string of the molecule is C=CCC=CC(C)/C(=C\CC)c1cc(CCl)c(-c2cc(C)ccc2C)cc1CCl. The molecule has 1 atom stereocenters.